The summed E-state index contributed by atoms with van der Waals surface area (Å²) in [6, 6.07) is 2.29. The zero-order chi connectivity index (χ0) is 13.7. The first-order valence-corrected chi connectivity index (χ1v) is 5.09. The fourth-order valence-electron chi connectivity index (χ4n) is 1.30. The Balaban J connectivity index is 2.70. The van der Waals surface area contributed by atoms with Gasteiger partial charge >= 0.3 is 5.97 Å². The highest BCUT2D eigenvalue weighted by atomic mass is 19.2. The molecule has 98 valence electrons. The van der Waals surface area contributed by atoms with Crippen LogP contribution in [0.5, 0.6) is 0 Å². The molecule has 0 saturated carbocycles. The number of halogens is 2. The van der Waals surface area contributed by atoms with Crippen molar-refractivity contribution >= 4 is 17.6 Å². The molecule has 0 aliphatic rings. The lowest BCUT2D eigenvalue weighted by atomic mass is 10.2. The minimum Gasteiger partial charge on any atom is -0.480 e. The number of carboxylic acids is 1. The van der Waals surface area contributed by atoms with Gasteiger partial charge < -0.3 is 15.7 Å². The summed E-state index contributed by atoms with van der Waals surface area (Å²) in [5.41, 5.74) is -0.161. The average molecular weight is 258 g/mol. The summed E-state index contributed by atoms with van der Waals surface area (Å²) in [6.07, 6.45) is 0. The van der Waals surface area contributed by atoms with Crippen LogP contribution in [-0.2, 0) is 9.59 Å². The largest absolute Gasteiger partial charge is 0.480 e. The molecule has 1 atom stereocenters. The molecule has 1 aromatic carbocycles. The van der Waals surface area contributed by atoms with Crippen LogP contribution in [0, 0.1) is 11.6 Å². The maximum Gasteiger partial charge on any atom is 0.328 e. The molecule has 0 aliphatic heterocycles. The van der Waals surface area contributed by atoms with Crippen LogP contribution >= 0.6 is 0 Å². The first-order valence-electron chi connectivity index (χ1n) is 5.09. The van der Waals surface area contributed by atoms with Gasteiger partial charge in [-0.25, -0.2) is 13.6 Å². The van der Waals surface area contributed by atoms with Crippen LogP contribution in [0.1, 0.15) is 6.92 Å². The first-order chi connectivity index (χ1) is 8.41. The Bertz CT molecular complexity index is 466. The van der Waals surface area contributed by atoms with Gasteiger partial charge in [0.25, 0.3) is 0 Å². The van der Waals surface area contributed by atoms with Crippen LogP contribution in [0.3, 0.4) is 0 Å². The second-order valence-electron chi connectivity index (χ2n) is 3.57. The van der Waals surface area contributed by atoms with E-state index < -0.39 is 29.6 Å². The van der Waals surface area contributed by atoms with Crippen LogP contribution in [0.4, 0.5) is 14.5 Å². The van der Waals surface area contributed by atoms with E-state index in [0.29, 0.717) is 0 Å². The lowest BCUT2D eigenvalue weighted by Gasteiger charge is -2.15. The van der Waals surface area contributed by atoms with Gasteiger partial charge in [-0.3, -0.25) is 4.79 Å². The normalized spacial score (nSPS) is 11.7. The molecule has 1 rings (SSSR count). The number of anilines is 1. The highest BCUT2D eigenvalue weighted by Crippen LogP contribution is 2.16. The summed E-state index contributed by atoms with van der Waals surface area (Å²) in [4.78, 5) is 21.5. The minimum absolute atomic E-state index is 0.161. The third-order valence-corrected chi connectivity index (χ3v) is 2.12. The van der Waals surface area contributed by atoms with Crippen molar-refractivity contribution < 1.29 is 23.5 Å². The average Bonchev–Trinajstić information content (AvgIpc) is 2.28. The van der Waals surface area contributed by atoms with Gasteiger partial charge in [0, 0.05) is 13.5 Å². The molecule has 0 heterocycles. The third-order valence-electron chi connectivity index (χ3n) is 2.12. The molecule has 0 saturated heterocycles. The Morgan fingerprint density at radius 2 is 2.06 bits per heavy atom. The van der Waals surface area contributed by atoms with Gasteiger partial charge in [-0.05, 0) is 12.1 Å². The van der Waals surface area contributed by atoms with Gasteiger partial charge in [-0.2, -0.15) is 0 Å². The smallest absolute Gasteiger partial charge is 0.328 e. The molecular formula is C11H12F2N2O3. The Labute approximate surface area is 102 Å². The Kier molecular flexibility index (Phi) is 4.59. The van der Waals surface area contributed by atoms with Gasteiger partial charge in [-0.1, -0.05) is 6.07 Å². The van der Waals surface area contributed by atoms with Crippen molar-refractivity contribution in [1.29, 1.82) is 0 Å². The van der Waals surface area contributed by atoms with Crippen molar-refractivity contribution in [1.82, 2.24) is 5.32 Å². The fraction of sp³-hybridized carbons (Fsp3) is 0.273. The lowest BCUT2D eigenvalue weighted by Crippen LogP contribution is -2.44. The van der Waals surface area contributed by atoms with Crippen LogP contribution < -0.4 is 10.6 Å². The van der Waals surface area contributed by atoms with Crippen molar-refractivity contribution in [3.05, 3.63) is 29.8 Å². The molecule has 7 heteroatoms. The van der Waals surface area contributed by atoms with Crippen molar-refractivity contribution in [3.63, 3.8) is 0 Å². The molecule has 18 heavy (non-hydrogen) atoms. The van der Waals surface area contributed by atoms with E-state index in [9.17, 15) is 18.4 Å². The first kappa shape index (κ1) is 13.9. The fourth-order valence-corrected chi connectivity index (χ4v) is 1.30. The van der Waals surface area contributed by atoms with E-state index in [2.05, 4.69) is 10.6 Å². The van der Waals surface area contributed by atoms with E-state index in [1.807, 2.05) is 0 Å². The predicted octanol–water partition coefficient (Wildman–Crippen LogP) is 0.966. The van der Waals surface area contributed by atoms with Crippen LogP contribution in [0.25, 0.3) is 0 Å². The van der Waals surface area contributed by atoms with E-state index >= 15 is 0 Å². The van der Waals surface area contributed by atoms with Crippen LogP contribution in [0.2, 0.25) is 0 Å². The zero-order valence-corrected chi connectivity index (χ0v) is 9.54. The van der Waals surface area contributed by atoms with E-state index in [1.165, 1.54) is 19.1 Å². The number of carboxylic acid groups (broad SMARTS) is 1. The van der Waals surface area contributed by atoms with Crippen LogP contribution in [0.15, 0.2) is 18.2 Å². The van der Waals surface area contributed by atoms with Crippen molar-refractivity contribution in [2.45, 2.75) is 13.0 Å². The summed E-state index contributed by atoms with van der Waals surface area (Å²) in [7, 11) is 0. The number of rotatable bonds is 5. The number of hydrogen-bond acceptors (Lipinski definition) is 3. The molecule has 0 fully saturated rings. The van der Waals surface area contributed by atoms with Gasteiger partial charge in [0.1, 0.15) is 6.04 Å². The number of amides is 1. The van der Waals surface area contributed by atoms with E-state index in [4.69, 9.17) is 5.11 Å². The number of hydrogen-bond donors (Lipinski definition) is 3. The molecular weight excluding hydrogens is 246 g/mol. The molecule has 1 aromatic rings. The molecule has 5 nitrogen and oxygen atoms in total. The number of carbonyl (C=O) groups excluding carboxylic acids is 1. The summed E-state index contributed by atoms with van der Waals surface area (Å²) >= 11 is 0. The van der Waals surface area contributed by atoms with Crippen molar-refractivity contribution in [2.75, 3.05) is 11.9 Å². The second-order valence-corrected chi connectivity index (χ2v) is 3.57. The number of aliphatic carboxylic acids is 1. The number of carbonyl (C=O) groups is 2. The highest BCUT2D eigenvalue weighted by molar-refractivity contribution is 5.82. The monoisotopic (exact) mass is 258 g/mol. The van der Waals surface area contributed by atoms with Gasteiger partial charge in [0.15, 0.2) is 11.6 Å². The number of nitrogens with one attached hydrogen (secondary N) is 2. The molecule has 1 amide bonds. The molecule has 0 spiro atoms. The quantitative estimate of drug-likeness (QED) is 0.735. The lowest BCUT2D eigenvalue weighted by molar-refractivity contribution is -0.141. The summed E-state index contributed by atoms with van der Waals surface area (Å²) in [5, 5.41) is 13.4. The van der Waals surface area contributed by atoms with Crippen molar-refractivity contribution in [2.24, 2.45) is 0 Å². The van der Waals surface area contributed by atoms with Crippen molar-refractivity contribution in [3.8, 4) is 0 Å². The summed E-state index contributed by atoms with van der Waals surface area (Å²) < 4.78 is 26.1. The van der Waals surface area contributed by atoms with E-state index in [1.54, 1.807) is 0 Å². The highest BCUT2D eigenvalue weighted by Gasteiger charge is 2.18. The van der Waals surface area contributed by atoms with E-state index in [0.717, 1.165) is 6.07 Å². The molecule has 0 bridgehead atoms. The maximum absolute atomic E-state index is 13.2. The van der Waals surface area contributed by atoms with Gasteiger partial charge in [-0.15, -0.1) is 0 Å². The Hall–Kier alpha value is -2.18. The molecule has 3 N–H and O–H groups in total. The number of benzene rings is 1. The third kappa shape index (κ3) is 3.69. The summed E-state index contributed by atoms with van der Waals surface area (Å²) in [5.74, 6) is -3.92. The standard InChI is InChI=1S/C11H12F2N2O3/c1-6(16)15-9(11(17)18)5-14-8-4-2-3-7(12)10(8)13/h2-4,9,14H,5H2,1H3,(H,15,16)(H,17,18). The predicted molar refractivity (Wildman–Crippen MR) is 60.1 cm³/mol. The second kappa shape index (κ2) is 5.95. The molecule has 1 unspecified atom stereocenters. The SMILES string of the molecule is CC(=O)NC(CNc1cccc(F)c1F)C(=O)O. The topological polar surface area (TPSA) is 78.4 Å². The van der Waals surface area contributed by atoms with Gasteiger partial charge in [0.2, 0.25) is 5.91 Å². The van der Waals surface area contributed by atoms with E-state index in [-0.39, 0.29) is 12.2 Å². The molecule has 0 aromatic heterocycles. The Morgan fingerprint density at radius 3 is 2.61 bits per heavy atom. The van der Waals surface area contributed by atoms with Crippen LogP contribution in [-0.4, -0.2) is 29.6 Å². The minimum atomic E-state index is -1.27. The molecule has 0 aliphatic carbocycles. The maximum atomic E-state index is 13.2. The van der Waals surface area contributed by atoms with Gasteiger partial charge in [0.05, 0.1) is 5.69 Å². The Morgan fingerprint density at radius 1 is 1.39 bits per heavy atom. The zero-order valence-electron chi connectivity index (χ0n) is 9.54. The summed E-state index contributed by atoms with van der Waals surface area (Å²) in [6.45, 7) is 0.911. The molecule has 0 radical (unpaired) electrons.